The number of benzene rings is 2. The number of ketones is 1. The van der Waals surface area contributed by atoms with Gasteiger partial charge in [0.05, 0.1) is 28.8 Å². The molecular formula is C25H19Cl2N3O5. The van der Waals surface area contributed by atoms with Crippen LogP contribution in [0.4, 0.5) is 11.4 Å². The Bertz CT molecular complexity index is 1330. The molecule has 35 heavy (non-hydrogen) atoms. The van der Waals surface area contributed by atoms with Gasteiger partial charge in [0, 0.05) is 36.3 Å². The molecule has 1 aromatic heterocycles. The number of hydrogen-bond donors (Lipinski definition) is 2. The van der Waals surface area contributed by atoms with Crippen LogP contribution in [0.15, 0.2) is 66.5 Å². The lowest BCUT2D eigenvalue weighted by molar-refractivity contribution is -0.132. The van der Waals surface area contributed by atoms with Crippen molar-refractivity contribution in [1.82, 2.24) is 4.98 Å². The minimum Gasteiger partial charge on any atom is -0.507 e. The summed E-state index contributed by atoms with van der Waals surface area (Å²) < 4.78 is 5.15. The van der Waals surface area contributed by atoms with Crippen molar-refractivity contribution in [2.24, 2.45) is 0 Å². The van der Waals surface area contributed by atoms with Gasteiger partial charge in [-0.25, -0.2) is 0 Å². The highest BCUT2D eigenvalue weighted by atomic mass is 35.5. The van der Waals surface area contributed by atoms with E-state index in [0.29, 0.717) is 16.9 Å². The second-order valence-corrected chi connectivity index (χ2v) is 8.47. The summed E-state index contributed by atoms with van der Waals surface area (Å²) in [6.45, 7) is 1.38. The van der Waals surface area contributed by atoms with Gasteiger partial charge in [-0.05, 0) is 54.1 Å². The largest absolute Gasteiger partial charge is 0.507 e. The van der Waals surface area contributed by atoms with Gasteiger partial charge in [-0.3, -0.25) is 24.3 Å². The molecule has 1 unspecified atom stereocenters. The van der Waals surface area contributed by atoms with Crippen molar-refractivity contribution in [2.45, 2.75) is 13.0 Å². The summed E-state index contributed by atoms with van der Waals surface area (Å²) >= 11 is 12.5. The number of carbonyl (C=O) groups excluding carboxylic acids is 3. The number of pyridine rings is 1. The standard InChI is InChI=1S/C25H19Cl2N3O5/c1-13(31)29-16-3-5-17(6-4-16)30-21(14-7-9-28-10-8-14)20(23(33)25(30)34)22(32)15-11-18(26)24(35-2)19(27)12-15/h3-12,21,32H,1-2H3,(H,29,31)/b22-20+. The minimum atomic E-state index is -0.954. The van der Waals surface area contributed by atoms with Crippen LogP contribution in [0.3, 0.4) is 0 Å². The van der Waals surface area contributed by atoms with Crippen molar-refractivity contribution in [3.63, 3.8) is 0 Å². The summed E-state index contributed by atoms with van der Waals surface area (Å²) in [6, 6.07) is 11.6. The molecule has 178 valence electrons. The summed E-state index contributed by atoms with van der Waals surface area (Å²) in [5, 5.41) is 14.1. The number of carbonyl (C=O) groups is 3. The molecule has 8 nitrogen and oxygen atoms in total. The molecule has 1 aliphatic heterocycles. The van der Waals surface area contributed by atoms with Gasteiger partial charge in [-0.1, -0.05) is 23.2 Å². The van der Waals surface area contributed by atoms with E-state index >= 15 is 0 Å². The number of rotatable bonds is 5. The van der Waals surface area contributed by atoms with Crippen LogP contribution < -0.4 is 15.0 Å². The Balaban J connectivity index is 1.88. The highest BCUT2D eigenvalue weighted by Crippen LogP contribution is 2.43. The van der Waals surface area contributed by atoms with Gasteiger partial charge in [0.1, 0.15) is 5.76 Å². The van der Waals surface area contributed by atoms with Gasteiger partial charge in [0.2, 0.25) is 5.91 Å². The smallest absolute Gasteiger partial charge is 0.300 e. The van der Waals surface area contributed by atoms with Crippen LogP contribution in [0, 0.1) is 0 Å². The molecule has 10 heteroatoms. The first kappa shape index (κ1) is 24.3. The molecule has 1 aliphatic rings. The van der Waals surface area contributed by atoms with E-state index in [0.717, 1.165) is 0 Å². The molecule has 2 heterocycles. The maximum absolute atomic E-state index is 13.2. The first-order valence-corrected chi connectivity index (χ1v) is 11.1. The molecule has 2 N–H and O–H groups in total. The van der Waals surface area contributed by atoms with Gasteiger partial charge in [0.15, 0.2) is 5.75 Å². The lowest BCUT2D eigenvalue weighted by atomic mass is 9.95. The molecular weight excluding hydrogens is 493 g/mol. The second-order valence-electron chi connectivity index (χ2n) is 7.65. The van der Waals surface area contributed by atoms with Crippen molar-refractivity contribution < 1.29 is 24.2 Å². The van der Waals surface area contributed by atoms with E-state index in [1.807, 2.05) is 0 Å². The number of anilines is 2. The molecule has 0 bridgehead atoms. The normalized spacial score (nSPS) is 16.9. The number of methoxy groups -OCH3 is 1. The lowest BCUT2D eigenvalue weighted by Crippen LogP contribution is -2.29. The molecule has 0 saturated carbocycles. The topological polar surface area (TPSA) is 109 Å². The van der Waals surface area contributed by atoms with E-state index in [1.54, 1.807) is 36.4 Å². The third-order valence-electron chi connectivity index (χ3n) is 5.41. The zero-order chi connectivity index (χ0) is 25.3. The number of nitrogens with one attached hydrogen (secondary N) is 1. The quantitative estimate of drug-likeness (QED) is 0.284. The lowest BCUT2D eigenvalue weighted by Gasteiger charge is -2.25. The van der Waals surface area contributed by atoms with E-state index in [1.165, 1.54) is 43.5 Å². The first-order chi connectivity index (χ1) is 16.7. The average Bonchev–Trinajstić information content (AvgIpc) is 3.09. The summed E-state index contributed by atoms with van der Waals surface area (Å²) in [7, 11) is 1.40. The zero-order valence-electron chi connectivity index (χ0n) is 18.6. The molecule has 2 amide bonds. The van der Waals surface area contributed by atoms with Crippen LogP contribution in [0.2, 0.25) is 10.0 Å². The van der Waals surface area contributed by atoms with E-state index in [-0.39, 0.29) is 32.8 Å². The Labute approximate surface area is 210 Å². The number of ether oxygens (including phenoxy) is 1. The molecule has 3 aromatic rings. The Hall–Kier alpha value is -3.88. The number of aromatic nitrogens is 1. The molecule has 0 aliphatic carbocycles. The molecule has 1 saturated heterocycles. The van der Waals surface area contributed by atoms with E-state index in [9.17, 15) is 19.5 Å². The average molecular weight is 512 g/mol. The molecule has 1 fully saturated rings. The number of amides is 2. The maximum atomic E-state index is 13.2. The van der Waals surface area contributed by atoms with Gasteiger partial charge < -0.3 is 15.2 Å². The maximum Gasteiger partial charge on any atom is 0.300 e. The predicted octanol–water partition coefficient (Wildman–Crippen LogP) is 4.98. The Morgan fingerprint density at radius 3 is 2.20 bits per heavy atom. The third-order valence-corrected chi connectivity index (χ3v) is 5.97. The fourth-order valence-corrected chi connectivity index (χ4v) is 4.56. The fourth-order valence-electron chi connectivity index (χ4n) is 3.92. The van der Waals surface area contributed by atoms with Gasteiger partial charge in [-0.15, -0.1) is 0 Å². The highest BCUT2D eigenvalue weighted by Gasteiger charge is 2.47. The van der Waals surface area contributed by atoms with Gasteiger partial charge in [-0.2, -0.15) is 0 Å². The number of aliphatic hydroxyl groups is 1. The van der Waals surface area contributed by atoms with E-state index in [2.05, 4.69) is 10.3 Å². The highest BCUT2D eigenvalue weighted by molar-refractivity contribution is 6.51. The molecule has 4 rings (SSSR count). The Morgan fingerprint density at radius 2 is 1.66 bits per heavy atom. The first-order valence-electron chi connectivity index (χ1n) is 10.3. The predicted molar refractivity (Wildman–Crippen MR) is 133 cm³/mol. The van der Waals surface area contributed by atoms with Crippen LogP contribution in [-0.4, -0.2) is 34.8 Å². The molecule has 1 atom stereocenters. The second kappa shape index (κ2) is 9.77. The Morgan fingerprint density at radius 1 is 1.06 bits per heavy atom. The zero-order valence-corrected chi connectivity index (χ0v) is 20.1. The fraction of sp³-hybridized carbons (Fsp3) is 0.120. The number of nitrogens with zero attached hydrogens (tertiary/aromatic N) is 2. The van der Waals surface area contributed by atoms with Crippen molar-refractivity contribution in [1.29, 1.82) is 0 Å². The van der Waals surface area contributed by atoms with Crippen molar-refractivity contribution >= 4 is 57.9 Å². The van der Waals surface area contributed by atoms with Crippen LogP contribution in [-0.2, 0) is 14.4 Å². The summed E-state index contributed by atoms with van der Waals surface area (Å²) in [4.78, 5) is 43.1. The number of Topliss-reactive ketones (excluding diaryl/α,β-unsaturated/α-hetero) is 1. The molecule has 2 aromatic carbocycles. The van der Waals surface area contributed by atoms with E-state index < -0.39 is 23.5 Å². The monoisotopic (exact) mass is 511 g/mol. The van der Waals surface area contributed by atoms with Crippen LogP contribution in [0.25, 0.3) is 5.76 Å². The number of halogens is 2. The van der Waals surface area contributed by atoms with Gasteiger partial charge in [0.25, 0.3) is 11.7 Å². The summed E-state index contributed by atoms with van der Waals surface area (Å²) in [6.07, 6.45) is 3.05. The summed E-state index contributed by atoms with van der Waals surface area (Å²) in [5.74, 6) is -2.17. The number of aliphatic hydroxyl groups excluding tert-OH is 1. The van der Waals surface area contributed by atoms with Crippen molar-refractivity contribution in [2.75, 3.05) is 17.3 Å². The van der Waals surface area contributed by atoms with Crippen molar-refractivity contribution in [3.8, 4) is 5.75 Å². The number of hydrogen-bond acceptors (Lipinski definition) is 6. The summed E-state index contributed by atoms with van der Waals surface area (Å²) in [5.41, 5.74) is 1.49. The third kappa shape index (κ3) is 4.58. The van der Waals surface area contributed by atoms with Crippen LogP contribution in [0.1, 0.15) is 24.1 Å². The SMILES string of the molecule is COc1c(Cl)cc(/C(O)=C2\C(=O)C(=O)N(c3ccc(NC(C)=O)cc3)C2c2ccncc2)cc1Cl. The molecule has 0 radical (unpaired) electrons. The van der Waals surface area contributed by atoms with Crippen molar-refractivity contribution in [3.05, 3.63) is 87.7 Å². The molecule has 0 spiro atoms. The Kier molecular flexibility index (Phi) is 6.77. The van der Waals surface area contributed by atoms with E-state index in [4.69, 9.17) is 27.9 Å². The van der Waals surface area contributed by atoms with Crippen LogP contribution in [0.5, 0.6) is 5.75 Å². The van der Waals surface area contributed by atoms with Crippen LogP contribution >= 0.6 is 23.2 Å². The van der Waals surface area contributed by atoms with Gasteiger partial charge >= 0.3 is 0 Å². The minimum absolute atomic E-state index is 0.129.